The van der Waals surface area contributed by atoms with Crippen LogP contribution in [0.2, 0.25) is 0 Å². The Hall–Kier alpha value is -1.72. The summed E-state index contributed by atoms with van der Waals surface area (Å²) < 4.78 is 24.9. The molecule has 0 aliphatic rings. The van der Waals surface area contributed by atoms with Crippen molar-refractivity contribution in [3.63, 3.8) is 0 Å². The number of carboxylic acid groups (broad SMARTS) is 1. The lowest BCUT2D eigenvalue weighted by molar-refractivity contribution is 0.0691. The number of hydrogen-bond acceptors (Lipinski definition) is 6. The molecular weight excluding hydrogens is 320 g/mol. The normalized spacial score (nSPS) is 11.1. The predicted molar refractivity (Wildman–Crippen MR) is 76.8 cm³/mol. The second-order valence-electron chi connectivity index (χ2n) is 3.86. The number of amides is 2. The van der Waals surface area contributed by atoms with Gasteiger partial charge in [-0.1, -0.05) is 6.92 Å². The molecule has 0 unspecified atom stereocenters. The van der Waals surface area contributed by atoms with Gasteiger partial charge in [-0.3, -0.25) is 0 Å². The highest BCUT2D eigenvalue weighted by Crippen LogP contribution is 2.09. The van der Waals surface area contributed by atoms with Crippen LogP contribution in [-0.2, 0) is 16.6 Å². The highest BCUT2D eigenvalue weighted by molar-refractivity contribution is 7.89. The van der Waals surface area contributed by atoms with Gasteiger partial charge in [-0.15, -0.1) is 11.3 Å². The standard InChI is InChI=1S/C10H16N4O5S2/c1-2-13-21(18,19)4-3-11-10(17)12-5-8-14-7(6-20-8)9(15)16/h6,13H,2-5H2,1H3,(H,15,16)(H2,11,12,17). The molecule has 0 saturated heterocycles. The molecule has 0 spiro atoms. The smallest absolute Gasteiger partial charge is 0.355 e. The zero-order valence-electron chi connectivity index (χ0n) is 11.2. The Kier molecular flexibility index (Phi) is 6.52. The van der Waals surface area contributed by atoms with E-state index in [-0.39, 0.29) is 24.5 Å². The van der Waals surface area contributed by atoms with Crippen LogP contribution < -0.4 is 15.4 Å². The first-order valence-electron chi connectivity index (χ1n) is 6.01. The average Bonchev–Trinajstić information content (AvgIpc) is 2.85. The van der Waals surface area contributed by atoms with Crippen molar-refractivity contribution in [2.75, 3.05) is 18.8 Å². The fraction of sp³-hybridized carbons (Fsp3) is 0.500. The van der Waals surface area contributed by atoms with Gasteiger partial charge in [-0.2, -0.15) is 0 Å². The van der Waals surface area contributed by atoms with Gasteiger partial charge in [0.25, 0.3) is 0 Å². The van der Waals surface area contributed by atoms with Gasteiger partial charge >= 0.3 is 12.0 Å². The van der Waals surface area contributed by atoms with E-state index in [1.54, 1.807) is 6.92 Å². The molecule has 9 nitrogen and oxygen atoms in total. The Balaban J connectivity index is 2.29. The Morgan fingerprint density at radius 1 is 1.38 bits per heavy atom. The minimum atomic E-state index is -3.37. The van der Waals surface area contributed by atoms with E-state index in [1.807, 2.05) is 0 Å². The van der Waals surface area contributed by atoms with Crippen LogP contribution >= 0.6 is 11.3 Å². The number of rotatable bonds is 8. The maximum Gasteiger partial charge on any atom is 0.355 e. The molecule has 0 aromatic carbocycles. The van der Waals surface area contributed by atoms with Gasteiger partial charge in [0.2, 0.25) is 10.0 Å². The van der Waals surface area contributed by atoms with Gasteiger partial charge in [0.15, 0.2) is 5.69 Å². The van der Waals surface area contributed by atoms with Gasteiger partial charge in [0, 0.05) is 18.5 Å². The van der Waals surface area contributed by atoms with Crippen molar-refractivity contribution >= 4 is 33.4 Å². The van der Waals surface area contributed by atoms with E-state index in [0.717, 1.165) is 11.3 Å². The van der Waals surface area contributed by atoms with Gasteiger partial charge < -0.3 is 15.7 Å². The number of sulfonamides is 1. The molecule has 0 fully saturated rings. The third-order valence-corrected chi connectivity index (χ3v) is 4.51. The number of aromatic carboxylic acids is 1. The van der Waals surface area contributed by atoms with Crippen molar-refractivity contribution in [1.29, 1.82) is 0 Å². The average molecular weight is 336 g/mol. The maximum absolute atomic E-state index is 11.4. The van der Waals surface area contributed by atoms with Crippen LogP contribution in [0, 0.1) is 0 Å². The summed E-state index contributed by atoms with van der Waals surface area (Å²) in [6.45, 7) is 2.00. The van der Waals surface area contributed by atoms with Gasteiger partial charge in [0.05, 0.1) is 12.3 Å². The summed E-state index contributed by atoms with van der Waals surface area (Å²) in [5.74, 6) is -1.34. The number of thiazole rings is 1. The van der Waals surface area contributed by atoms with Crippen molar-refractivity contribution in [3.05, 3.63) is 16.1 Å². The third kappa shape index (κ3) is 6.51. The Labute approximate surface area is 125 Å². The number of nitrogens with zero attached hydrogens (tertiary/aromatic N) is 1. The molecule has 4 N–H and O–H groups in total. The fourth-order valence-corrected chi connectivity index (χ4v) is 2.96. The predicted octanol–water partition coefficient (Wildman–Crippen LogP) is -0.420. The van der Waals surface area contributed by atoms with E-state index < -0.39 is 22.0 Å². The highest BCUT2D eigenvalue weighted by atomic mass is 32.2. The number of carboxylic acids is 1. The van der Waals surface area contributed by atoms with Crippen molar-refractivity contribution in [3.8, 4) is 0 Å². The van der Waals surface area contributed by atoms with Crippen molar-refractivity contribution in [2.24, 2.45) is 0 Å². The van der Waals surface area contributed by atoms with Crippen LogP contribution in [0.4, 0.5) is 4.79 Å². The zero-order valence-corrected chi connectivity index (χ0v) is 12.9. The molecule has 1 aromatic heterocycles. The number of aromatic nitrogens is 1. The molecule has 0 aliphatic heterocycles. The van der Waals surface area contributed by atoms with E-state index in [4.69, 9.17) is 5.11 Å². The molecule has 1 aromatic rings. The lowest BCUT2D eigenvalue weighted by Crippen LogP contribution is -2.39. The molecule has 118 valence electrons. The zero-order chi connectivity index (χ0) is 15.9. The van der Waals surface area contributed by atoms with E-state index >= 15 is 0 Å². The molecule has 0 aliphatic carbocycles. The van der Waals surface area contributed by atoms with Crippen LogP contribution in [0.25, 0.3) is 0 Å². The molecule has 11 heteroatoms. The summed E-state index contributed by atoms with van der Waals surface area (Å²) in [4.78, 5) is 25.8. The van der Waals surface area contributed by atoms with Crippen LogP contribution in [0.5, 0.6) is 0 Å². The van der Waals surface area contributed by atoms with Crippen molar-refractivity contribution in [2.45, 2.75) is 13.5 Å². The molecule has 0 atom stereocenters. The van der Waals surface area contributed by atoms with Crippen molar-refractivity contribution in [1.82, 2.24) is 20.3 Å². The summed E-state index contributed by atoms with van der Waals surface area (Å²) in [5, 5.41) is 15.4. The van der Waals surface area contributed by atoms with E-state index in [2.05, 4.69) is 20.3 Å². The third-order valence-electron chi connectivity index (χ3n) is 2.19. The van der Waals surface area contributed by atoms with Crippen LogP contribution in [0.1, 0.15) is 22.4 Å². The summed E-state index contributed by atoms with van der Waals surface area (Å²) in [5.41, 5.74) is -0.0751. The molecule has 1 heterocycles. The second-order valence-corrected chi connectivity index (χ2v) is 6.73. The molecule has 2 amide bonds. The van der Waals surface area contributed by atoms with E-state index in [9.17, 15) is 18.0 Å². The number of urea groups is 1. The topological polar surface area (TPSA) is 137 Å². The first-order chi connectivity index (χ1) is 9.84. The second kappa shape index (κ2) is 7.90. The molecule has 0 radical (unpaired) electrons. The summed E-state index contributed by atoms with van der Waals surface area (Å²) in [6.07, 6.45) is 0. The highest BCUT2D eigenvalue weighted by Gasteiger charge is 2.11. The van der Waals surface area contributed by atoms with Crippen LogP contribution in [0.3, 0.4) is 0 Å². The monoisotopic (exact) mass is 336 g/mol. The molecule has 1 rings (SSSR count). The largest absolute Gasteiger partial charge is 0.476 e. The molecule has 0 bridgehead atoms. The van der Waals surface area contributed by atoms with Crippen LogP contribution in [-0.4, -0.2) is 49.4 Å². The molecule has 21 heavy (non-hydrogen) atoms. The fourth-order valence-electron chi connectivity index (χ4n) is 1.30. The number of nitrogens with one attached hydrogen (secondary N) is 3. The molecule has 0 saturated carbocycles. The summed E-state index contributed by atoms with van der Waals surface area (Å²) >= 11 is 1.11. The Bertz CT molecular complexity index is 598. The van der Waals surface area contributed by atoms with Crippen LogP contribution in [0.15, 0.2) is 5.38 Å². The summed E-state index contributed by atoms with van der Waals surface area (Å²) in [6, 6.07) is -0.547. The minimum Gasteiger partial charge on any atom is -0.476 e. The van der Waals surface area contributed by atoms with Gasteiger partial charge in [-0.05, 0) is 0 Å². The number of carbonyl (C=O) groups is 2. The lowest BCUT2D eigenvalue weighted by Gasteiger charge is -2.07. The van der Waals surface area contributed by atoms with Gasteiger partial charge in [0.1, 0.15) is 5.01 Å². The van der Waals surface area contributed by atoms with E-state index in [1.165, 1.54) is 5.38 Å². The summed E-state index contributed by atoms with van der Waals surface area (Å²) in [7, 11) is -3.37. The van der Waals surface area contributed by atoms with E-state index in [0.29, 0.717) is 11.6 Å². The number of hydrogen-bond donors (Lipinski definition) is 4. The first kappa shape index (κ1) is 17.3. The maximum atomic E-state index is 11.4. The number of carbonyl (C=O) groups excluding carboxylic acids is 1. The lowest BCUT2D eigenvalue weighted by atomic mass is 10.5. The first-order valence-corrected chi connectivity index (χ1v) is 8.54. The van der Waals surface area contributed by atoms with Crippen molar-refractivity contribution < 1.29 is 23.1 Å². The SMILES string of the molecule is CCNS(=O)(=O)CCNC(=O)NCc1nc(C(=O)O)cs1. The quantitative estimate of drug-likeness (QED) is 0.509. The Morgan fingerprint density at radius 3 is 2.67 bits per heavy atom. The minimum absolute atomic E-state index is 0.0284. The van der Waals surface area contributed by atoms with Gasteiger partial charge in [-0.25, -0.2) is 27.7 Å². The Morgan fingerprint density at radius 2 is 2.10 bits per heavy atom. The molecular formula is C10H16N4O5S2.